The van der Waals surface area contributed by atoms with E-state index in [1.165, 1.54) is 48.5 Å². The second kappa shape index (κ2) is 7.65. The normalized spacial score (nSPS) is 14.9. The number of para-hydroxylation sites is 1. The summed E-state index contributed by atoms with van der Waals surface area (Å²) >= 11 is 3.80. The van der Waals surface area contributed by atoms with Crippen LogP contribution in [0.5, 0.6) is 0 Å². The Morgan fingerprint density at radius 3 is 2.41 bits per heavy atom. The van der Waals surface area contributed by atoms with Crippen LogP contribution in [0.25, 0.3) is 21.5 Å². The maximum absolute atomic E-state index is 9.31. The molecule has 0 aliphatic heterocycles. The summed E-state index contributed by atoms with van der Waals surface area (Å²) in [7, 11) is 0. The molecule has 2 nitrogen and oxygen atoms in total. The first kappa shape index (κ1) is 19.3. The van der Waals surface area contributed by atoms with Crippen molar-refractivity contribution in [1.82, 2.24) is 0 Å². The molecule has 0 N–H and O–H groups in total. The zero-order valence-electron chi connectivity index (χ0n) is 17.6. The third-order valence-corrected chi connectivity index (χ3v) is 7.48. The van der Waals surface area contributed by atoms with Crippen LogP contribution in [-0.4, -0.2) is 0 Å². The first-order chi connectivity index (χ1) is 15.7. The maximum atomic E-state index is 9.31. The number of allylic oxidation sites excluding steroid dienone is 4. The molecule has 0 radical (unpaired) electrons. The van der Waals surface area contributed by atoms with Crippen molar-refractivity contribution in [3.63, 3.8) is 0 Å². The lowest BCUT2D eigenvalue weighted by atomic mass is 9.85. The molecule has 2 aliphatic carbocycles. The second-order valence-corrected chi connectivity index (χ2v) is 9.34. The molecule has 0 aromatic heterocycles. The van der Waals surface area contributed by atoms with E-state index in [-0.39, 0.29) is 0 Å². The van der Waals surface area contributed by atoms with Gasteiger partial charge in [-0.15, -0.1) is 0 Å². The van der Waals surface area contributed by atoms with Gasteiger partial charge in [0, 0.05) is 26.8 Å². The fourth-order valence-corrected chi connectivity index (χ4v) is 5.74. The molecule has 0 heterocycles. The molecule has 2 aliphatic rings. The van der Waals surface area contributed by atoms with Crippen molar-refractivity contribution in [2.45, 2.75) is 25.7 Å². The van der Waals surface area contributed by atoms with Gasteiger partial charge in [-0.3, -0.25) is 0 Å². The van der Waals surface area contributed by atoms with Gasteiger partial charge in [0.15, 0.2) is 0 Å². The Morgan fingerprint density at radius 1 is 0.781 bits per heavy atom. The van der Waals surface area contributed by atoms with Crippen molar-refractivity contribution >= 4 is 48.8 Å². The Balaban J connectivity index is 1.65. The van der Waals surface area contributed by atoms with Gasteiger partial charge in [-0.1, -0.05) is 58.4 Å². The van der Waals surface area contributed by atoms with Crippen LogP contribution < -0.4 is 4.90 Å². The number of anilines is 2. The fourth-order valence-electron chi connectivity index (χ4n) is 5.22. The first-order valence-electron chi connectivity index (χ1n) is 11.1. The van der Waals surface area contributed by atoms with Gasteiger partial charge in [-0.25, -0.2) is 0 Å². The number of aryl methyl sites for hydroxylation is 2. The molecule has 154 valence electrons. The van der Waals surface area contributed by atoms with Gasteiger partial charge in [0.2, 0.25) is 0 Å². The predicted octanol–water partition coefficient (Wildman–Crippen LogP) is 8.12. The molecule has 4 aromatic rings. The number of halogens is 1. The van der Waals surface area contributed by atoms with E-state index in [1.807, 2.05) is 6.08 Å². The average molecular weight is 477 g/mol. The van der Waals surface area contributed by atoms with Crippen LogP contribution in [0.15, 0.2) is 94.6 Å². The van der Waals surface area contributed by atoms with E-state index < -0.39 is 0 Å². The van der Waals surface area contributed by atoms with Crippen molar-refractivity contribution in [1.29, 1.82) is 5.26 Å². The summed E-state index contributed by atoms with van der Waals surface area (Å²) in [6.45, 7) is 0. The van der Waals surface area contributed by atoms with Crippen LogP contribution in [0.3, 0.4) is 0 Å². The SMILES string of the molecule is N#CC1=CC=C(N(c2ccccc2)c2ccc3c4c2ccc2ccc(Br)c(c24)CC3)CC1. The number of hydrogen-bond donors (Lipinski definition) is 0. The Morgan fingerprint density at radius 2 is 1.62 bits per heavy atom. The Labute approximate surface area is 196 Å². The highest BCUT2D eigenvalue weighted by Crippen LogP contribution is 2.44. The Kier molecular flexibility index (Phi) is 4.63. The summed E-state index contributed by atoms with van der Waals surface area (Å²) in [6.07, 6.45) is 7.85. The van der Waals surface area contributed by atoms with Crippen molar-refractivity contribution in [2.24, 2.45) is 0 Å². The monoisotopic (exact) mass is 476 g/mol. The summed E-state index contributed by atoms with van der Waals surface area (Å²) in [6, 6.07) is 26.4. The van der Waals surface area contributed by atoms with Crippen molar-refractivity contribution < 1.29 is 0 Å². The molecular formula is C29H21BrN2. The van der Waals surface area contributed by atoms with E-state index in [1.54, 1.807) is 0 Å². The van der Waals surface area contributed by atoms with Crippen LogP contribution in [0, 0.1) is 11.3 Å². The van der Waals surface area contributed by atoms with E-state index in [0.29, 0.717) is 0 Å². The van der Waals surface area contributed by atoms with Crippen LogP contribution >= 0.6 is 15.9 Å². The summed E-state index contributed by atoms with van der Waals surface area (Å²) in [5.74, 6) is 0. The summed E-state index contributed by atoms with van der Waals surface area (Å²) in [5, 5.41) is 14.7. The summed E-state index contributed by atoms with van der Waals surface area (Å²) in [5.41, 5.74) is 7.26. The van der Waals surface area contributed by atoms with Crippen molar-refractivity contribution in [3.8, 4) is 6.07 Å². The number of benzene rings is 4. The Hall–Kier alpha value is -3.35. The van der Waals surface area contributed by atoms with Crippen LogP contribution in [0.4, 0.5) is 11.4 Å². The smallest absolute Gasteiger partial charge is 0.0947 e. The second-order valence-electron chi connectivity index (χ2n) is 8.49. The molecule has 0 saturated carbocycles. The molecule has 0 saturated heterocycles. The molecule has 0 bridgehead atoms. The molecule has 6 rings (SSSR count). The number of rotatable bonds is 3. The minimum Gasteiger partial charge on any atom is -0.314 e. The van der Waals surface area contributed by atoms with Gasteiger partial charge in [0.05, 0.1) is 11.8 Å². The Bertz CT molecular complexity index is 1490. The molecule has 0 atom stereocenters. The third kappa shape index (κ3) is 2.98. The maximum Gasteiger partial charge on any atom is 0.0947 e. The standard InChI is InChI=1S/C29H21BrN2/c30-26-16-10-20-9-15-25-27(17-11-21-8-14-24(26)28(20)29(21)25)32(22-4-2-1-3-5-22)23-12-6-19(18-31)7-13-23/h1-6,9-12,15-17H,7-8,13-14H2. The van der Waals surface area contributed by atoms with E-state index in [4.69, 9.17) is 0 Å². The van der Waals surface area contributed by atoms with E-state index in [2.05, 4.69) is 99.7 Å². The van der Waals surface area contributed by atoms with E-state index in [0.717, 1.165) is 36.9 Å². The lowest BCUT2D eigenvalue weighted by molar-refractivity contribution is 0.895. The molecular weight excluding hydrogens is 456 g/mol. The third-order valence-electron chi connectivity index (χ3n) is 6.73. The lowest BCUT2D eigenvalue weighted by Crippen LogP contribution is -2.18. The van der Waals surface area contributed by atoms with Crippen molar-refractivity contribution in [2.75, 3.05) is 4.90 Å². The number of nitriles is 1. The predicted molar refractivity (Wildman–Crippen MR) is 136 cm³/mol. The van der Waals surface area contributed by atoms with Crippen molar-refractivity contribution in [3.05, 3.63) is 106 Å². The average Bonchev–Trinajstić information content (AvgIpc) is 2.85. The van der Waals surface area contributed by atoms with E-state index >= 15 is 0 Å². The van der Waals surface area contributed by atoms with Crippen LogP contribution in [-0.2, 0) is 12.8 Å². The highest BCUT2D eigenvalue weighted by molar-refractivity contribution is 9.10. The highest BCUT2D eigenvalue weighted by Gasteiger charge is 2.23. The summed E-state index contributed by atoms with van der Waals surface area (Å²) < 4.78 is 1.21. The topological polar surface area (TPSA) is 27.0 Å². The zero-order valence-corrected chi connectivity index (χ0v) is 19.2. The molecule has 0 unspecified atom stereocenters. The zero-order chi connectivity index (χ0) is 21.7. The van der Waals surface area contributed by atoms with Crippen LogP contribution in [0.1, 0.15) is 24.0 Å². The van der Waals surface area contributed by atoms with Gasteiger partial charge < -0.3 is 4.90 Å². The van der Waals surface area contributed by atoms with Gasteiger partial charge in [-0.05, 0) is 89.4 Å². The summed E-state index contributed by atoms with van der Waals surface area (Å²) in [4.78, 5) is 2.38. The van der Waals surface area contributed by atoms with Gasteiger partial charge >= 0.3 is 0 Å². The number of hydrogen-bond acceptors (Lipinski definition) is 2. The van der Waals surface area contributed by atoms with E-state index in [9.17, 15) is 5.26 Å². The quantitative estimate of drug-likeness (QED) is 0.279. The fraction of sp³-hybridized carbons (Fsp3) is 0.138. The van der Waals surface area contributed by atoms with Gasteiger partial charge in [-0.2, -0.15) is 5.26 Å². The lowest BCUT2D eigenvalue weighted by Gasteiger charge is -2.31. The molecule has 0 fully saturated rings. The van der Waals surface area contributed by atoms with Crippen LogP contribution in [0.2, 0.25) is 0 Å². The minimum atomic E-state index is 0.779. The van der Waals surface area contributed by atoms with Gasteiger partial charge in [0.1, 0.15) is 0 Å². The molecule has 3 heteroatoms. The molecule has 4 aromatic carbocycles. The molecule has 0 spiro atoms. The molecule has 0 amide bonds. The van der Waals surface area contributed by atoms with Gasteiger partial charge in [0.25, 0.3) is 0 Å². The highest BCUT2D eigenvalue weighted by atomic mass is 79.9. The largest absolute Gasteiger partial charge is 0.314 e. The first-order valence-corrected chi connectivity index (χ1v) is 11.8. The number of nitrogens with zero attached hydrogens (tertiary/aromatic N) is 2. The molecule has 32 heavy (non-hydrogen) atoms. The minimum absolute atomic E-state index is 0.779.